The summed E-state index contributed by atoms with van der Waals surface area (Å²) in [5.74, 6) is 0.710. The van der Waals surface area contributed by atoms with Crippen LogP contribution in [0.25, 0.3) is 5.69 Å². The van der Waals surface area contributed by atoms with Gasteiger partial charge in [-0.2, -0.15) is 0 Å². The Morgan fingerprint density at radius 1 is 1.17 bits per heavy atom. The number of thioether (sulfide) groups is 1. The molecule has 0 amide bonds. The Balaban J connectivity index is 1.85. The van der Waals surface area contributed by atoms with Gasteiger partial charge >= 0.3 is 0 Å². The van der Waals surface area contributed by atoms with Gasteiger partial charge in [-0.15, -0.1) is 0 Å². The summed E-state index contributed by atoms with van der Waals surface area (Å²) >= 11 is 7.45. The second kappa shape index (κ2) is 7.02. The van der Waals surface area contributed by atoms with Crippen molar-refractivity contribution in [3.63, 3.8) is 0 Å². The predicted molar refractivity (Wildman–Crippen MR) is 95.6 cm³/mol. The molecule has 0 saturated heterocycles. The molecule has 0 N–H and O–H groups in total. The van der Waals surface area contributed by atoms with Crippen LogP contribution in [0.4, 0.5) is 0 Å². The molecule has 1 heterocycles. The molecule has 0 aliphatic rings. The van der Waals surface area contributed by atoms with Gasteiger partial charge in [0.15, 0.2) is 5.03 Å². The van der Waals surface area contributed by atoms with Crippen LogP contribution in [-0.4, -0.2) is 9.55 Å². The van der Waals surface area contributed by atoms with E-state index < -0.39 is 0 Å². The van der Waals surface area contributed by atoms with Crippen molar-refractivity contribution in [1.29, 1.82) is 0 Å². The second-order valence-corrected chi connectivity index (χ2v) is 6.56. The lowest BCUT2D eigenvalue weighted by Crippen LogP contribution is -2.20. The average Bonchev–Trinajstić information content (AvgIpc) is 2.55. The van der Waals surface area contributed by atoms with Crippen molar-refractivity contribution in [3.05, 3.63) is 87.4 Å². The molecule has 23 heavy (non-hydrogen) atoms. The lowest BCUT2D eigenvalue weighted by Gasteiger charge is -2.08. The number of aryl methyl sites for hydroxylation is 1. The molecule has 0 spiro atoms. The molecule has 0 aliphatic carbocycles. The van der Waals surface area contributed by atoms with E-state index in [1.807, 2.05) is 12.1 Å². The number of halogens is 1. The molecule has 5 heteroatoms. The molecule has 2 aromatic carbocycles. The van der Waals surface area contributed by atoms with Crippen molar-refractivity contribution in [2.75, 3.05) is 0 Å². The first-order valence-corrected chi connectivity index (χ1v) is 8.52. The fraction of sp³-hybridized carbons (Fsp3) is 0.111. The fourth-order valence-corrected chi connectivity index (χ4v) is 3.20. The van der Waals surface area contributed by atoms with Gasteiger partial charge in [0.05, 0.1) is 5.69 Å². The van der Waals surface area contributed by atoms with E-state index in [9.17, 15) is 4.79 Å². The number of benzene rings is 2. The van der Waals surface area contributed by atoms with Crippen LogP contribution >= 0.6 is 23.4 Å². The lowest BCUT2D eigenvalue weighted by atomic mass is 10.2. The highest BCUT2D eigenvalue weighted by molar-refractivity contribution is 7.98. The van der Waals surface area contributed by atoms with E-state index in [0.717, 1.165) is 5.69 Å². The Hall–Kier alpha value is -2.04. The summed E-state index contributed by atoms with van der Waals surface area (Å²) in [4.78, 5) is 16.8. The largest absolute Gasteiger partial charge is 0.287 e. The van der Waals surface area contributed by atoms with Crippen LogP contribution in [-0.2, 0) is 5.75 Å². The van der Waals surface area contributed by atoms with Crippen LogP contribution < -0.4 is 5.56 Å². The van der Waals surface area contributed by atoms with E-state index in [1.54, 1.807) is 29.1 Å². The Morgan fingerprint density at radius 2 is 1.96 bits per heavy atom. The smallest absolute Gasteiger partial charge is 0.280 e. The van der Waals surface area contributed by atoms with Crippen molar-refractivity contribution in [2.24, 2.45) is 0 Å². The normalized spacial score (nSPS) is 10.7. The van der Waals surface area contributed by atoms with E-state index in [4.69, 9.17) is 11.6 Å². The lowest BCUT2D eigenvalue weighted by molar-refractivity contribution is 0.882. The highest BCUT2D eigenvalue weighted by Crippen LogP contribution is 2.19. The summed E-state index contributed by atoms with van der Waals surface area (Å²) in [5, 5.41) is 1.08. The number of hydrogen-bond acceptors (Lipinski definition) is 3. The van der Waals surface area contributed by atoms with Crippen molar-refractivity contribution in [2.45, 2.75) is 17.7 Å². The maximum atomic E-state index is 12.6. The summed E-state index contributed by atoms with van der Waals surface area (Å²) in [5.41, 5.74) is 2.99. The first-order valence-electron chi connectivity index (χ1n) is 7.15. The van der Waals surface area contributed by atoms with Crippen LogP contribution in [0.5, 0.6) is 0 Å². The third-order valence-corrected chi connectivity index (χ3v) is 4.66. The van der Waals surface area contributed by atoms with Gasteiger partial charge in [-0.1, -0.05) is 59.3 Å². The van der Waals surface area contributed by atoms with Crippen LogP contribution in [0.15, 0.2) is 70.7 Å². The maximum Gasteiger partial charge on any atom is 0.287 e. The van der Waals surface area contributed by atoms with Crippen LogP contribution in [0.1, 0.15) is 11.1 Å². The minimum absolute atomic E-state index is 0.133. The Labute approximate surface area is 144 Å². The van der Waals surface area contributed by atoms with Crippen LogP contribution in [0.3, 0.4) is 0 Å². The van der Waals surface area contributed by atoms with Gasteiger partial charge in [-0.05, 0) is 30.7 Å². The van der Waals surface area contributed by atoms with E-state index in [1.165, 1.54) is 22.9 Å². The van der Waals surface area contributed by atoms with Gasteiger partial charge in [0.2, 0.25) is 0 Å². The molecule has 1 aromatic heterocycles. The van der Waals surface area contributed by atoms with Gasteiger partial charge in [0.1, 0.15) is 0 Å². The fourth-order valence-electron chi connectivity index (χ4n) is 2.16. The summed E-state index contributed by atoms with van der Waals surface area (Å²) in [6, 6.07) is 15.5. The molecule has 0 fully saturated rings. The number of nitrogens with zero attached hydrogens (tertiary/aromatic N) is 2. The molecule has 3 nitrogen and oxygen atoms in total. The summed E-state index contributed by atoms with van der Waals surface area (Å²) in [6.07, 6.45) is 3.30. The van der Waals surface area contributed by atoms with Gasteiger partial charge < -0.3 is 0 Å². The zero-order valence-corrected chi connectivity index (χ0v) is 14.1. The van der Waals surface area contributed by atoms with E-state index in [2.05, 4.69) is 36.2 Å². The van der Waals surface area contributed by atoms with Crippen molar-refractivity contribution >= 4 is 23.4 Å². The summed E-state index contributed by atoms with van der Waals surface area (Å²) < 4.78 is 1.57. The molecule has 3 rings (SSSR count). The number of rotatable bonds is 4. The third-order valence-electron chi connectivity index (χ3n) is 3.39. The molecule has 116 valence electrons. The Morgan fingerprint density at radius 3 is 2.70 bits per heavy atom. The van der Waals surface area contributed by atoms with Gasteiger partial charge in [0, 0.05) is 23.2 Å². The van der Waals surface area contributed by atoms with E-state index in [-0.39, 0.29) is 5.56 Å². The maximum absolute atomic E-state index is 12.6. The highest BCUT2D eigenvalue weighted by Gasteiger charge is 2.08. The second-order valence-electron chi connectivity index (χ2n) is 5.16. The number of hydrogen-bond donors (Lipinski definition) is 0. The first kappa shape index (κ1) is 15.8. The van der Waals surface area contributed by atoms with Crippen LogP contribution in [0.2, 0.25) is 5.02 Å². The predicted octanol–water partition coefficient (Wildman–Crippen LogP) is 4.49. The first-order chi connectivity index (χ1) is 11.1. The van der Waals surface area contributed by atoms with Crippen molar-refractivity contribution < 1.29 is 0 Å². The molecule has 0 saturated carbocycles. The quantitative estimate of drug-likeness (QED) is 0.655. The molecule has 0 bridgehead atoms. The van der Waals surface area contributed by atoms with Gasteiger partial charge in [0.25, 0.3) is 5.56 Å². The summed E-state index contributed by atoms with van der Waals surface area (Å²) in [6.45, 7) is 2.05. The van der Waals surface area contributed by atoms with E-state index >= 15 is 0 Å². The molecule has 0 aliphatic heterocycles. The monoisotopic (exact) mass is 342 g/mol. The zero-order chi connectivity index (χ0) is 16.2. The Bertz CT molecular complexity index is 875. The van der Waals surface area contributed by atoms with Crippen molar-refractivity contribution in [3.8, 4) is 5.69 Å². The average molecular weight is 343 g/mol. The minimum atomic E-state index is -0.133. The molecular formula is C18H15ClN2OS. The molecule has 0 unspecified atom stereocenters. The van der Waals surface area contributed by atoms with E-state index in [0.29, 0.717) is 15.8 Å². The highest BCUT2D eigenvalue weighted by atomic mass is 35.5. The molecule has 0 radical (unpaired) electrons. The van der Waals surface area contributed by atoms with Crippen LogP contribution in [0, 0.1) is 6.92 Å². The third kappa shape index (κ3) is 3.84. The number of aromatic nitrogens is 2. The summed E-state index contributed by atoms with van der Waals surface area (Å²) in [7, 11) is 0. The SMILES string of the molecule is Cc1ccc(CSc2nccn(-c3cccc(Cl)c3)c2=O)cc1. The van der Waals surface area contributed by atoms with Crippen molar-refractivity contribution in [1.82, 2.24) is 9.55 Å². The molecular weight excluding hydrogens is 328 g/mol. The van der Waals surface area contributed by atoms with Gasteiger partial charge in [-0.25, -0.2) is 4.98 Å². The zero-order valence-electron chi connectivity index (χ0n) is 12.6. The minimum Gasteiger partial charge on any atom is -0.280 e. The van der Waals surface area contributed by atoms with Gasteiger partial charge in [-0.3, -0.25) is 9.36 Å². The topological polar surface area (TPSA) is 34.9 Å². The standard InChI is InChI=1S/C18H15ClN2OS/c1-13-5-7-14(8-6-13)12-23-17-18(22)21(10-9-20-17)16-4-2-3-15(19)11-16/h2-11H,12H2,1H3. The molecule has 0 atom stereocenters. The molecule has 3 aromatic rings. The Kier molecular flexibility index (Phi) is 4.84.